The van der Waals surface area contributed by atoms with Crippen LogP contribution < -0.4 is 5.32 Å². The zero-order chi connectivity index (χ0) is 19.7. The van der Waals surface area contributed by atoms with Crippen molar-refractivity contribution < 1.29 is 0 Å². The molecule has 0 aliphatic rings. The Kier molecular flexibility index (Phi) is 13.2. The van der Waals surface area contributed by atoms with Gasteiger partial charge in [-0.1, -0.05) is 100 Å². The first kappa shape index (κ1) is 23.3. The normalized spacial score (nSPS) is 11.9. The second kappa shape index (κ2) is 15.3. The molecule has 1 heteroatoms. The van der Waals surface area contributed by atoms with Crippen LogP contribution in [-0.4, -0.2) is 0 Å². The van der Waals surface area contributed by atoms with Gasteiger partial charge in [-0.25, -0.2) is 0 Å². The third kappa shape index (κ3) is 10.9. The maximum absolute atomic E-state index is 4.23. The number of unbranched alkanes of at least 4 members (excludes halogenated alkanes) is 6. The third-order valence-corrected chi connectivity index (χ3v) is 5.16. The molecule has 0 spiro atoms. The zero-order valence-electron chi connectivity index (χ0n) is 18.0. The van der Waals surface area contributed by atoms with Crippen LogP contribution in [0, 0.1) is 0 Å². The molecule has 0 saturated carbocycles. The molecule has 0 atom stereocenters. The molecule has 1 aromatic carbocycles. The lowest BCUT2D eigenvalue weighted by atomic mass is 9.99. The number of aryl methyl sites for hydroxylation is 1. The zero-order valence-corrected chi connectivity index (χ0v) is 18.0. The summed E-state index contributed by atoms with van der Waals surface area (Å²) in [7, 11) is 0. The first-order valence-electron chi connectivity index (χ1n) is 11.0. The Bertz CT molecular complexity index is 580. The van der Waals surface area contributed by atoms with Crippen LogP contribution in [0.5, 0.6) is 0 Å². The van der Waals surface area contributed by atoms with Crippen LogP contribution >= 0.6 is 0 Å². The van der Waals surface area contributed by atoms with Gasteiger partial charge in [-0.05, 0) is 50.7 Å². The van der Waals surface area contributed by atoms with E-state index in [0.29, 0.717) is 0 Å². The predicted octanol–water partition coefficient (Wildman–Crippen LogP) is 7.89. The summed E-state index contributed by atoms with van der Waals surface area (Å²) in [5, 5.41) is 3.55. The molecule has 1 N–H and O–H groups in total. The van der Waals surface area contributed by atoms with Crippen molar-refractivity contribution >= 4 is 0 Å². The second-order valence-corrected chi connectivity index (χ2v) is 7.46. The van der Waals surface area contributed by atoms with Gasteiger partial charge in [0, 0.05) is 12.2 Å². The minimum Gasteiger partial charge on any atom is -0.385 e. The summed E-state index contributed by atoms with van der Waals surface area (Å²) in [6, 6.07) is 8.80. The molecule has 0 unspecified atom stereocenters. The second-order valence-electron chi connectivity index (χ2n) is 7.46. The summed E-state index contributed by atoms with van der Waals surface area (Å²) >= 11 is 0. The fraction of sp³-hybridized carbons (Fsp3) is 0.538. The molecule has 1 nitrogen and oxygen atoms in total. The van der Waals surface area contributed by atoms with Crippen molar-refractivity contribution in [2.75, 3.05) is 0 Å². The van der Waals surface area contributed by atoms with Gasteiger partial charge in [0.1, 0.15) is 0 Å². The minimum atomic E-state index is 0.889. The van der Waals surface area contributed by atoms with E-state index in [9.17, 15) is 0 Å². The summed E-state index contributed by atoms with van der Waals surface area (Å²) in [5.41, 5.74) is 5.43. The summed E-state index contributed by atoms with van der Waals surface area (Å²) < 4.78 is 0. The fourth-order valence-corrected chi connectivity index (χ4v) is 3.39. The molecule has 27 heavy (non-hydrogen) atoms. The first-order chi connectivity index (χ1) is 13.2. The standard InChI is InChI=1S/C26H41N/c1-5-8-9-10-11-12-13-17-23(4)27-22-26-19-15-14-18-25(26)21-20-24(7-3)16-6-2/h6-7,14-16,18-19,27H,4-5,8-13,17,20-22H2,1-3H3/b16-6-,24-7+. The summed E-state index contributed by atoms with van der Waals surface area (Å²) in [6.07, 6.45) is 19.3. The van der Waals surface area contributed by atoms with Crippen LogP contribution in [0.15, 0.2) is 60.3 Å². The van der Waals surface area contributed by atoms with Gasteiger partial charge in [-0.15, -0.1) is 0 Å². The number of nitrogens with one attached hydrogen (secondary N) is 1. The molecule has 0 amide bonds. The summed E-state index contributed by atoms with van der Waals surface area (Å²) in [4.78, 5) is 0. The highest BCUT2D eigenvalue weighted by Crippen LogP contribution is 2.16. The number of hydrogen-bond donors (Lipinski definition) is 1. The summed E-state index contributed by atoms with van der Waals surface area (Å²) in [5.74, 6) is 0. The molecule has 0 fully saturated rings. The Hall–Kier alpha value is -1.76. The van der Waals surface area contributed by atoms with Gasteiger partial charge in [0.15, 0.2) is 0 Å². The molecule has 0 aliphatic heterocycles. The van der Waals surface area contributed by atoms with E-state index in [1.807, 2.05) is 0 Å². The number of rotatable bonds is 15. The average molecular weight is 368 g/mol. The Morgan fingerprint density at radius 3 is 2.26 bits per heavy atom. The van der Waals surface area contributed by atoms with Crippen molar-refractivity contribution in [1.29, 1.82) is 0 Å². The molecule has 0 aliphatic carbocycles. The van der Waals surface area contributed by atoms with Crippen molar-refractivity contribution in [3.8, 4) is 0 Å². The van der Waals surface area contributed by atoms with E-state index in [4.69, 9.17) is 0 Å². The number of allylic oxidation sites excluding steroid dienone is 5. The Labute approximate surface area is 168 Å². The van der Waals surface area contributed by atoms with Crippen molar-refractivity contribution in [3.05, 3.63) is 71.5 Å². The third-order valence-electron chi connectivity index (χ3n) is 5.16. The van der Waals surface area contributed by atoms with Crippen molar-refractivity contribution in [3.63, 3.8) is 0 Å². The maximum atomic E-state index is 4.23. The monoisotopic (exact) mass is 367 g/mol. The Morgan fingerprint density at radius 2 is 1.59 bits per heavy atom. The van der Waals surface area contributed by atoms with Crippen LogP contribution in [0.4, 0.5) is 0 Å². The van der Waals surface area contributed by atoms with Gasteiger partial charge < -0.3 is 5.32 Å². The van der Waals surface area contributed by atoms with E-state index in [1.165, 1.54) is 67.3 Å². The lowest BCUT2D eigenvalue weighted by molar-refractivity contribution is 0.580. The van der Waals surface area contributed by atoms with Crippen LogP contribution in [0.2, 0.25) is 0 Å². The smallest absolute Gasteiger partial charge is 0.0400 e. The largest absolute Gasteiger partial charge is 0.385 e. The van der Waals surface area contributed by atoms with E-state index in [0.717, 1.165) is 25.8 Å². The van der Waals surface area contributed by atoms with Gasteiger partial charge >= 0.3 is 0 Å². The van der Waals surface area contributed by atoms with Gasteiger partial charge in [-0.3, -0.25) is 0 Å². The molecule has 0 radical (unpaired) electrons. The highest BCUT2D eigenvalue weighted by atomic mass is 14.9. The van der Waals surface area contributed by atoms with Crippen LogP contribution in [0.3, 0.4) is 0 Å². The molecule has 0 saturated heterocycles. The van der Waals surface area contributed by atoms with Crippen LogP contribution in [0.25, 0.3) is 0 Å². The van der Waals surface area contributed by atoms with Gasteiger partial charge in [-0.2, -0.15) is 0 Å². The average Bonchev–Trinajstić information content (AvgIpc) is 2.69. The fourth-order valence-electron chi connectivity index (χ4n) is 3.39. The van der Waals surface area contributed by atoms with Crippen LogP contribution in [0.1, 0.15) is 89.7 Å². The maximum Gasteiger partial charge on any atom is 0.0400 e. The highest BCUT2D eigenvalue weighted by Gasteiger charge is 2.03. The van der Waals surface area contributed by atoms with Crippen molar-refractivity contribution in [2.24, 2.45) is 0 Å². The van der Waals surface area contributed by atoms with Crippen molar-refractivity contribution in [1.82, 2.24) is 5.32 Å². The Morgan fingerprint density at radius 1 is 0.926 bits per heavy atom. The van der Waals surface area contributed by atoms with Gasteiger partial charge in [0.25, 0.3) is 0 Å². The van der Waals surface area contributed by atoms with Crippen molar-refractivity contribution in [2.45, 2.75) is 91.5 Å². The first-order valence-corrected chi connectivity index (χ1v) is 11.0. The molecule has 0 bridgehead atoms. The molecule has 0 heterocycles. The molecule has 1 rings (SSSR count). The molecular formula is C26H41N. The Balaban J connectivity index is 2.34. The van der Waals surface area contributed by atoms with E-state index < -0.39 is 0 Å². The molecular weight excluding hydrogens is 326 g/mol. The van der Waals surface area contributed by atoms with E-state index >= 15 is 0 Å². The van der Waals surface area contributed by atoms with E-state index in [-0.39, 0.29) is 0 Å². The van der Waals surface area contributed by atoms with Gasteiger partial charge in [0.05, 0.1) is 0 Å². The molecule has 0 aromatic heterocycles. The van der Waals surface area contributed by atoms with E-state index in [1.54, 1.807) is 0 Å². The van der Waals surface area contributed by atoms with E-state index in [2.05, 4.69) is 75.2 Å². The quantitative estimate of drug-likeness (QED) is 0.245. The minimum absolute atomic E-state index is 0.889. The molecule has 150 valence electrons. The predicted molar refractivity (Wildman–Crippen MR) is 122 cm³/mol. The molecule has 1 aromatic rings. The number of hydrogen-bond acceptors (Lipinski definition) is 1. The van der Waals surface area contributed by atoms with Gasteiger partial charge in [0.2, 0.25) is 0 Å². The topological polar surface area (TPSA) is 12.0 Å². The van der Waals surface area contributed by atoms with Crippen LogP contribution in [-0.2, 0) is 13.0 Å². The number of benzene rings is 1. The SMILES string of the molecule is C=C(CCCCCCCCC)NCc1ccccc1CCC(/C=C\C)=C/C. The lowest BCUT2D eigenvalue weighted by Gasteiger charge is -2.13. The highest BCUT2D eigenvalue weighted by molar-refractivity contribution is 5.29. The lowest BCUT2D eigenvalue weighted by Crippen LogP contribution is -2.13. The summed E-state index contributed by atoms with van der Waals surface area (Å²) in [6.45, 7) is 11.6.